The molecule has 0 atom stereocenters. The fourth-order valence-electron chi connectivity index (χ4n) is 1.69. The van der Waals surface area contributed by atoms with Crippen molar-refractivity contribution in [1.29, 1.82) is 0 Å². The number of halogens is 1. The van der Waals surface area contributed by atoms with E-state index in [9.17, 15) is 0 Å². The van der Waals surface area contributed by atoms with Gasteiger partial charge in [-0.2, -0.15) is 18.6 Å². The summed E-state index contributed by atoms with van der Waals surface area (Å²) in [4.78, 5) is 3.65. The van der Waals surface area contributed by atoms with E-state index in [4.69, 9.17) is 11.6 Å². The molecule has 112 valence electrons. The summed E-state index contributed by atoms with van der Waals surface area (Å²) >= 11 is 6.02. The minimum Gasteiger partial charge on any atom is -0.273 e. The first kappa shape index (κ1) is 19.4. The molecule has 0 aliphatic rings. The lowest BCUT2D eigenvalue weighted by Crippen LogP contribution is -1.96. The molecular formula is C16H20ClN3S. The molecule has 1 heterocycles. The third kappa shape index (κ3) is 5.33. The molecule has 0 unspecified atom stereocenters. The van der Waals surface area contributed by atoms with Gasteiger partial charge in [0.05, 0.1) is 5.69 Å². The van der Waals surface area contributed by atoms with Crippen molar-refractivity contribution in [2.45, 2.75) is 20.3 Å². The van der Waals surface area contributed by atoms with Gasteiger partial charge in [0, 0.05) is 23.4 Å². The largest absolute Gasteiger partial charge is 0.273 e. The van der Waals surface area contributed by atoms with Crippen molar-refractivity contribution in [2.24, 2.45) is 4.99 Å². The molecule has 0 amide bonds. The third-order valence-electron chi connectivity index (χ3n) is 2.53. The van der Waals surface area contributed by atoms with Gasteiger partial charge in [-0.05, 0) is 18.4 Å². The van der Waals surface area contributed by atoms with Crippen LogP contribution >= 0.6 is 25.1 Å². The number of hydrogen-bond donors (Lipinski definition) is 0. The van der Waals surface area contributed by atoms with E-state index in [1.165, 1.54) is 0 Å². The molecule has 1 aromatic carbocycles. The Morgan fingerprint density at radius 2 is 1.86 bits per heavy atom. The average Bonchev–Trinajstić information content (AvgIpc) is 2.50. The Morgan fingerprint density at radius 1 is 1.24 bits per heavy atom. The van der Waals surface area contributed by atoms with Gasteiger partial charge in [0.1, 0.15) is 0 Å². The quantitative estimate of drug-likeness (QED) is 0.603. The Labute approximate surface area is 137 Å². The molecule has 0 saturated heterocycles. The van der Waals surface area contributed by atoms with Gasteiger partial charge in [-0.15, -0.1) is 5.10 Å². The van der Waals surface area contributed by atoms with Crippen LogP contribution in [0.1, 0.15) is 19.5 Å². The summed E-state index contributed by atoms with van der Waals surface area (Å²) in [7, 11) is 0. The van der Waals surface area contributed by atoms with E-state index in [-0.39, 0.29) is 13.5 Å². The molecule has 0 saturated carbocycles. The van der Waals surface area contributed by atoms with Crippen LogP contribution in [-0.2, 0) is 6.42 Å². The van der Waals surface area contributed by atoms with E-state index in [1.807, 2.05) is 38.1 Å². The highest BCUT2D eigenvalue weighted by atomic mass is 35.5. The molecule has 0 fully saturated rings. The number of benzene rings is 1. The molecule has 0 radical (unpaired) electrons. The highest BCUT2D eigenvalue weighted by molar-refractivity contribution is 7.59. The smallest absolute Gasteiger partial charge is 0.159 e. The lowest BCUT2D eigenvalue weighted by molar-refractivity contribution is 0.960. The monoisotopic (exact) mass is 321 g/mol. The standard InChI is InChI=1S/C14H12ClN3.C2H6.H2S/c1-10(7-8-16-2)9-13-11-5-3-4-6-12(11)14(15)18-17-13;1-2;/h3-8H,1-2,9H2;1-2H3;1H2/b8-7-;;. The summed E-state index contributed by atoms with van der Waals surface area (Å²) in [5, 5.41) is 10.4. The van der Waals surface area contributed by atoms with Gasteiger partial charge in [-0.1, -0.05) is 56.3 Å². The fraction of sp³-hybridized carbons (Fsp3) is 0.188. The Bertz CT molecular complexity index is 638. The van der Waals surface area contributed by atoms with E-state index in [0.717, 1.165) is 22.0 Å². The van der Waals surface area contributed by atoms with E-state index in [1.54, 1.807) is 12.3 Å². The van der Waals surface area contributed by atoms with Crippen LogP contribution in [0.3, 0.4) is 0 Å². The Balaban J connectivity index is 0.00000128. The van der Waals surface area contributed by atoms with Crippen LogP contribution in [0.5, 0.6) is 0 Å². The van der Waals surface area contributed by atoms with Gasteiger partial charge in [0.2, 0.25) is 0 Å². The summed E-state index contributed by atoms with van der Waals surface area (Å²) < 4.78 is 0. The molecule has 21 heavy (non-hydrogen) atoms. The van der Waals surface area contributed by atoms with Gasteiger partial charge in [-0.25, -0.2) is 0 Å². The maximum Gasteiger partial charge on any atom is 0.159 e. The van der Waals surface area contributed by atoms with E-state index in [2.05, 4.69) is 28.5 Å². The van der Waals surface area contributed by atoms with Gasteiger partial charge in [-0.3, -0.25) is 4.99 Å². The van der Waals surface area contributed by atoms with Crippen molar-refractivity contribution in [3.63, 3.8) is 0 Å². The maximum atomic E-state index is 6.02. The third-order valence-corrected chi connectivity index (χ3v) is 2.81. The Morgan fingerprint density at radius 3 is 2.48 bits per heavy atom. The zero-order valence-electron chi connectivity index (χ0n) is 12.3. The van der Waals surface area contributed by atoms with Crippen LogP contribution in [0.2, 0.25) is 5.15 Å². The van der Waals surface area contributed by atoms with Crippen LogP contribution in [0.4, 0.5) is 0 Å². The molecule has 2 rings (SSSR count). The number of allylic oxidation sites excluding steroid dienone is 2. The fourth-order valence-corrected chi connectivity index (χ4v) is 1.89. The zero-order valence-corrected chi connectivity index (χ0v) is 14.1. The van der Waals surface area contributed by atoms with Crippen molar-refractivity contribution >= 4 is 42.6 Å². The number of hydrogen-bond acceptors (Lipinski definition) is 3. The minimum atomic E-state index is 0. The average molecular weight is 322 g/mol. The van der Waals surface area contributed by atoms with Gasteiger partial charge >= 0.3 is 0 Å². The second kappa shape index (κ2) is 10.1. The van der Waals surface area contributed by atoms with Gasteiger partial charge in [0.25, 0.3) is 0 Å². The van der Waals surface area contributed by atoms with E-state index in [0.29, 0.717) is 11.6 Å². The number of aromatic nitrogens is 2. The Kier molecular flexibility index (Phi) is 9.34. The van der Waals surface area contributed by atoms with Crippen molar-refractivity contribution in [3.8, 4) is 0 Å². The Hall–Kier alpha value is -1.65. The highest BCUT2D eigenvalue weighted by Gasteiger charge is 2.07. The van der Waals surface area contributed by atoms with E-state index < -0.39 is 0 Å². The van der Waals surface area contributed by atoms with Crippen LogP contribution in [-0.4, -0.2) is 16.9 Å². The SMILES string of the molecule is C=N/C=C\C(=C)Cc1nnc(Cl)c2ccccc12.CC.S. The summed E-state index contributed by atoms with van der Waals surface area (Å²) in [5.41, 5.74) is 1.75. The first-order valence-corrected chi connectivity index (χ1v) is 6.80. The number of rotatable bonds is 4. The molecule has 0 N–H and O–H groups in total. The molecule has 5 heteroatoms. The lowest BCUT2D eigenvalue weighted by Gasteiger charge is -2.05. The van der Waals surface area contributed by atoms with Crippen LogP contribution < -0.4 is 0 Å². The van der Waals surface area contributed by atoms with Crippen molar-refractivity contribution < 1.29 is 0 Å². The maximum absolute atomic E-state index is 6.02. The van der Waals surface area contributed by atoms with Crippen LogP contribution in [0.15, 0.2) is 53.7 Å². The summed E-state index contributed by atoms with van der Waals surface area (Å²) in [6.07, 6.45) is 4.02. The molecule has 3 nitrogen and oxygen atoms in total. The molecule has 1 aromatic heterocycles. The summed E-state index contributed by atoms with van der Waals surface area (Å²) in [6, 6.07) is 7.79. The topological polar surface area (TPSA) is 38.1 Å². The highest BCUT2D eigenvalue weighted by Crippen LogP contribution is 2.23. The van der Waals surface area contributed by atoms with Crippen molar-refractivity contribution in [1.82, 2.24) is 10.2 Å². The predicted molar refractivity (Wildman–Crippen MR) is 97.8 cm³/mol. The van der Waals surface area contributed by atoms with Crippen molar-refractivity contribution in [2.75, 3.05) is 0 Å². The molecular weight excluding hydrogens is 302 g/mol. The summed E-state index contributed by atoms with van der Waals surface area (Å²) in [5.74, 6) is 0. The van der Waals surface area contributed by atoms with E-state index >= 15 is 0 Å². The van der Waals surface area contributed by atoms with Gasteiger partial charge < -0.3 is 0 Å². The number of nitrogens with zero attached hydrogens (tertiary/aromatic N) is 3. The van der Waals surface area contributed by atoms with Crippen LogP contribution in [0.25, 0.3) is 10.8 Å². The zero-order chi connectivity index (χ0) is 15.0. The molecule has 0 aliphatic carbocycles. The minimum absolute atomic E-state index is 0. The molecule has 0 spiro atoms. The normalized spacial score (nSPS) is 9.67. The second-order valence-electron chi connectivity index (χ2n) is 3.82. The van der Waals surface area contributed by atoms with Crippen LogP contribution in [0, 0.1) is 0 Å². The molecule has 0 bridgehead atoms. The second-order valence-corrected chi connectivity index (χ2v) is 4.17. The van der Waals surface area contributed by atoms with Gasteiger partial charge in [0.15, 0.2) is 5.15 Å². The molecule has 0 aliphatic heterocycles. The predicted octanol–water partition coefficient (Wildman–Crippen LogP) is 4.74. The lowest BCUT2D eigenvalue weighted by atomic mass is 10.1. The molecule has 2 aromatic rings. The first-order valence-electron chi connectivity index (χ1n) is 6.42. The first-order chi connectivity index (χ1) is 9.72. The number of fused-ring (bicyclic) bond motifs is 1. The van der Waals surface area contributed by atoms with Crippen molar-refractivity contribution in [3.05, 3.63) is 59.5 Å². The summed E-state index contributed by atoms with van der Waals surface area (Å²) in [6.45, 7) is 11.3. The number of aliphatic imine (C=N–C) groups is 1.